The molecule has 0 fully saturated rings. The number of carbonyl (C=O) groups is 1. The average molecular weight is 322 g/mol. The second kappa shape index (κ2) is 6.29. The molecule has 0 bridgehead atoms. The minimum atomic E-state index is -0.176. The molecule has 98 valence electrons. The lowest BCUT2D eigenvalue weighted by Gasteiger charge is -2.06. The number of methoxy groups -OCH3 is 1. The molecule has 1 N–H and O–H groups in total. The van der Waals surface area contributed by atoms with E-state index in [-0.39, 0.29) is 5.91 Å². The van der Waals surface area contributed by atoms with E-state index in [9.17, 15) is 4.79 Å². The Hall–Kier alpha value is -1.95. The lowest BCUT2D eigenvalue weighted by Crippen LogP contribution is -2.22. The van der Waals surface area contributed by atoms with Crippen LogP contribution < -0.4 is 10.1 Å². The monoisotopic (exact) mass is 321 g/mol. The quantitative estimate of drug-likeness (QED) is 0.937. The van der Waals surface area contributed by atoms with Crippen molar-refractivity contribution >= 4 is 21.8 Å². The molecule has 0 aliphatic heterocycles. The van der Waals surface area contributed by atoms with Gasteiger partial charge in [0.2, 0.25) is 5.88 Å². The summed E-state index contributed by atoms with van der Waals surface area (Å²) in [6.45, 7) is 0.405. The lowest BCUT2D eigenvalue weighted by atomic mass is 10.2. The molecule has 0 atom stereocenters. The predicted octanol–water partition coefficient (Wildman–Crippen LogP) is 2.18. The number of hydrogen-bond acceptors (Lipinski definition) is 4. The summed E-state index contributed by atoms with van der Waals surface area (Å²) in [5.74, 6) is 0.371. The summed E-state index contributed by atoms with van der Waals surface area (Å²) in [7, 11) is 1.56. The highest BCUT2D eigenvalue weighted by Gasteiger charge is 2.06. The maximum atomic E-state index is 11.9. The number of carbonyl (C=O) groups excluding carboxylic acids is 1. The largest absolute Gasteiger partial charge is 0.481 e. The summed E-state index contributed by atoms with van der Waals surface area (Å²) in [6.07, 6.45) is 4.81. The Morgan fingerprint density at radius 2 is 2.21 bits per heavy atom. The van der Waals surface area contributed by atoms with E-state index in [1.54, 1.807) is 31.6 Å². The van der Waals surface area contributed by atoms with Crippen LogP contribution >= 0.6 is 15.9 Å². The number of nitrogens with zero attached hydrogens (tertiary/aromatic N) is 2. The molecule has 2 heterocycles. The van der Waals surface area contributed by atoms with Crippen molar-refractivity contribution in [3.05, 3.63) is 52.4 Å². The minimum Gasteiger partial charge on any atom is -0.481 e. The van der Waals surface area contributed by atoms with E-state index in [1.165, 1.54) is 6.20 Å². The zero-order valence-electron chi connectivity index (χ0n) is 10.3. The second-order valence-corrected chi connectivity index (χ2v) is 4.70. The molecule has 2 rings (SSSR count). The summed E-state index contributed by atoms with van der Waals surface area (Å²) in [4.78, 5) is 19.9. The molecular weight excluding hydrogens is 310 g/mol. The van der Waals surface area contributed by atoms with Crippen molar-refractivity contribution in [1.82, 2.24) is 15.3 Å². The van der Waals surface area contributed by atoms with E-state index in [2.05, 4.69) is 31.2 Å². The molecular formula is C13H12BrN3O2. The molecule has 0 aliphatic rings. The molecule has 0 saturated carbocycles. The van der Waals surface area contributed by atoms with Crippen LogP contribution in [0.15, 0.2) is 41.3 Å². The van der Waals surface area contributed by atoms with E-state index >= 15 is 0 Å². The topological polar surface area (TPSA) is 64.1 Å². The molecule has 0 spiro atoms. The zero-order valence-corrected chi connectivity index (χ0v) is 11.8. The number of nitrogens with one attached hydrogen (secondary N) is 1. The molecule has 0 aliphatic carbocycles. The third-order valence-corrected chi connectivity index (χ3v) is 2.86. The Kier molecular flexibility index (Phi) is 4.46. The standard InChI is InChI=1S/C13H12BrN3O2/c1-19-12-3-2-9(5-16-12)6-17-13(18)10-4-11(14)8-15-7-10/h2-5,7-8H,6H2,1H3,(H,17,18). The number of pyridine rings is 2. The van der Waals surface area contributed by atoms with E-state index in [0.29, 0.717) is 18.0 Å². The molecule has 0 saturated heterocycles. The number of halogens is 1. The number of rotatable bonds is 4. The van der Waals surface area contributed by atoms with Crippen molar-refractivity contribution in [2.45, 2.75) is 6.54 Å². The molecule has 6 heteroatoms. The van der Waals surface area contributed by atoms with Gasteiger partial charge in [-0.25, -0.2) is 4.98 Å². The summed E-state index contributed by atoms with van der Waals surface area (Å²) < 4.78 is 5.74. The molecule has 0 aromatic carbocycles. The van der Waals surface area contributed by atoms with E-state index in [1.807, 2.05) is 6.07 Å². The van der Waals surface area contributed by atoms with Gasteiger partial charge in [-0.3, -0.25) is 9.78 Å². The Morgan fingerprint density at radius 3 is 2.84 bits per heavy atom. The average Bonchev–Trinajstić information content (AvgIpc) is 2.45. The predicted molar refractivity (Wildman–Crippen MR) is 73.9 cm³/mol. The van der Waals surface area contributed by atoms with Crippen LogP contribution in [-0.4, -0.2) is 23.0 Å². The fraction of sp³-hybridized carbons (Fsp3) is 0.154. The molecule has 5 nitrogen and oxygen atoms in total. The van der Waals surface area contributed by atoms with Crippen molar-refractivity contribution < 1.29 is 9.53 Å². The van der Waals surface area contributed by atoms with Crippen LogP contribution in [0.3, 0.4) is 0 Å². The Balaban J connectivity index is 1.96. The van der Waals surface area contributed by atoms with Gasteiger partial charge in [0.15, 0.2) is 0 Å². The van der Waals surface area contributed by atoms with Crippen LogP contribution in [0.1, 0.15) is 15.9 Å². The Labute approximate surface area is 119 Å². The molecule has 0 unspecified atom stereocenters. The van der Waals surface area contributed by atoms with Crippen molar-refractivity contribution in [1.29, 1.82) is 0 Å². The first-order valence-electron chi connectivity index (χ1n) is 5.56. The van der Waals surface area contributed by atoms with Gasteiger partial charge in [-0.05, 0) is 27.6 Å². The van der Waals surface area contributed by atoms with Crippen LogP contribution in [0, 0.1) is 0 Å². The maximum Gasteiger partial charge on any atom is 0.253 e. The fourth-order valence-electron chi connectivity index (χ4n) is 1.46. The van der Waals surface area contributed by atoms with E-state index < -0.39 is 0 Å². The van der Waals surface area contributed by atoms with Gasteiger partial charge in [0, 0.05) is 35.7 Å². The summed E-state index contributed by atoms with van der Waals surface area (Å²) in [5.41, 5.74) is 1.41. The summed E-state index contributed by atoms with van der Waals surface area (Å²) >= 11 is 3.28. The van der Waals surface area contributed by atoms with Crippen molar-refractivity contribution in [3.8, 4) is 5.88 Å². The molecule has 2 aromatic rings. The van der Waals surface area contributed by atoms with Gasteiger partial charge >= 0.3 is 0 Å². The number of hydrogen-bond donors (Lipinski definition) is 1. The number of ether oxygens (including phenoxy) is 1. The van der Waals surface area contributed by atoms with Gasteiger partial charge < -0.3 is 10.1 Å². The highest BCUT2D eigenvalue weighted by Crippen LogP contribution is 2.10. The normalized spacial score (nSPS) is 10.0. The Morgan fingerprint density at radius 1 is 1.37 bits per heavy atom. The number of aromatic nitrogens is 2. The first kappa shape index (κ1) is 13.5. The second-order valence-electron chi connectivity index (χ2n) is 3.78. The van der Waals surface area contributed by atoms with Crippen LogP contribution in [0.4, 0.5) is 0 Å². The fourth-order valence-corrected chi connectivity index (χ4v) is 1.82. The lowest BCUT2D eigenvalue weighted by molar-refractivity contribution is 0.0950. The van der Waals surface area contributed by atoms with Gasteiger partial charge in [0.05, 0.1) is 12.7 Å². The molecule has 19 heavy (non-hydrogen) atoms. The first-order chi connectivity index (χ1) is 9.19. The number of amides is 1. The summed E-state index contributed by atoms with van der Waals surface area (Å²) in [5, 5.41) is 2.80. The van der Waals surface area contributed by atoms with E-state index in [0.717, 1.165) is 10.0 Å². The van der Waals surface area contributed by atoms with Gasteiger partial charge in [0.25, 0.3) is 5.91 Å². The van der Waals surface area contributed by atoms with Crippen molar-refractivity contribution in [2.24, 2.45) is 0 Å². The van der Waals surface area contributed by atoms with Crippen LogP contribution in [0.25, 0.3) is 0 Å². The smallest absolute Gasteiger partial charge is 0.253 e. The zero-order chi connectivity index (χ0) is 13.7. The molecule has 0 radical (unpaired) electrons. The maximum absolute atomic E-state index is 11.9. The van der Waals surface area contributed by atoms with Gasteiger partial charge in [-0.2, -0.15) is 0 Å². The molecule has 1 amide bonds. The minimum absolute atomic E-state index is 0.176. The highest BCUT2D eigenvalue weighted by molar-refractivity contribution is 9.10. The van der Waals surface area contributed by atoms with Crippen molar-refractivity contribution in [2.75, 3.05) is 7.11 Å². The van der Waals surface area contributed by atoms with Crippen LogP contribution in [0.5, 0.6) is 5.88 Å². The first-order valence-corrected chi connectivity index (χ1v) is 6.36. The third-order valence-electron chi connectivity index (χ3n) is 2.43. The van der Waals surface area contributed by atoms with Gasteiger partial charge in [0.1, 0.15) is 0 Å². The van der Waals surface area contributed by atoms with Crippen LogP contribution in [0.2, 0.25) is 0 Å². The summed E-state index contributed by atoms with van der Waals surface area (Å²) in [6, 6.07) is 5.32. The SMILES string of the molecule is COc1ccc(CNC(=O)c2cncc(Br)c2)cn1. The highest BCUT2D eigenvalue weighted by atomic mass is 79.9. The van der Waals surface area contributed by atoms with Gasteiger partial charge in [-0.15, -0.1) is 0 Å². The third kappa shape index (κ3) is 3.75. The Bertz CT molecular complexity index is 572. The van der Waals surface area contributed by atoms with Gasteiger partial charge in [-0.1, -0.05) is 6.07 Å². The van der Waals surface area contributed by atoms with Crippen molar-refractivity contribution in [3.63, 3.8) is 0 Å². The van der Waals surface area contributed by atoms with Crippen LogP contribution in [-0.2, 0) is 6.54 Å². The van der Waals surface area contributed by atoms with E-state index in [4.69, 9.17) is 4.74 Å². The molecule has 2 aromatic heterocycles.